The number of carbonyl (C=O) groups is 2. The number of esters is 1. The fourth-order valence-electron chi connectivity index (χ4n) is 1.62. The van der Waals surface area contributed by atoms with E-state index in [2.05, 4.69) is 9.72 Å². The van der Waals surface area contributed by atoms with Crippen LogP contribution in [0.2, 0.25) is 0 Å². The van der Waals surface area contributed by atoms with Crippen molar-refractivity contribution in [2.75, 3.05) is 7.11 Å². The molecule has 0 aliphatic rings. The Bertz CT molecular complexity index is 572. The summed E-state index contributed by atoms with van der Waals surface area (Å²) >= 11 is 0. The molecule has 0 spiro atoms. The lowest BCUT2D eigenvalue weighted by molar-refractivity contribution is 0.0603. The average Bonchev–Trinajstić information content (AvgIpc) is 2.69. The van der Waals surface area contributed by atoms with Gasteiger partial charge in [-0.3, -0.25) is 9.36 Å². The van der Waals surface area contributed by atoms with E-state index in [1.54, 1.807) is 25.3 Å². The van der Waals surface area contributed by atoms with Crippen LogP contribution in [0, 0.1) is 6.92 Å². The topological polar surface area (TPSA) is 61.2 Å². The zero-order valence-electron chi connectivity index (χ0n) is 8.93. The lowest BCUT2D eigenvalue weighted by Gasteiger charge is -2.03. The van der Waals surface area contributed by atoms with Crippen LogP contribution in [0.5, 0.6) is 0 Å². The van der Waals surface area contributed by atoms with Crippen molar-refractivity contribution in [1.82, 2.24) is 9.55 Å². The molecule has 82 valence electrons. The second-order valence-electron chi connectivity index (χ2n) is 3.37. The summed E-state index contributed by atoms with van der Waals surface area (Å²) in [5.41, 5.74) is 1.55. The molecule has 0 radical (unpaired) electrons. The number of hydrogen-bond donors (Lipinski definition) is 0. The zero-order valence-corrected chi connectivity index (χ0v) is 8.93. The highest BCUT2D eigenvalue weighted by Gasteiger charge is 2.14. The van der Waals surface area contributed by atoms with Gasteiger partial charge in [0.2, 0.25) is 6.41 Å². The first-order valence-corrected chi connectivity index (χ1v) is 4.69. The molecular weight excluding hydrogens is 208 g/mol. The number of pyridine rings is 1. The van der Waals surface area contributed by atoms with Crippen LogP contribution in [-0.2, 0) is 9.53 Å². The van der Waals surface area contributed by atoms with Gasteiger partial charge in [0.1, 0.15) is 5.65 Å². The molecular formula is C11H10N2O3. The summed E-state index contributed by atoms with van der Waals surface area (Å²) in [5.74, 6) is -0.431. The first kappa shape index (κ1) is 10.4. The van der Waals surface area contributed by atoms with E-state index in [0.717, 1.165) is 0 Å². The van der Waals surface area contributed by atoms with E-state index in [1.807, 2.05) is 0 Å². The van der Waals surface area contributed by atoms with Gasteiger partial charge in [-0.25, -0.2) is 9.78 Å². The van der Waals surface area contributed by atoms with Crippen molar-refractivity contribution in [2.24, 2.45) is 0 Å². The summed E-state index contributed by atoms with van der Waals surface area (Å²) < 4.78 is 6.01. The van der Waals surface area contributed by atoms with Gasteiger partial charge in [0.15, 0.2) is 0 Å². The first-order valence-electron chi connectivity index (χ1n) is 4.69. The highest BCUT2D eigenvalue weighted by atomic mass is 16.5. The number of methoxy groups -OCH3 is 1. The van der Waals surface area contributed by atoms with Gasteiger partial charge >= 0.3 is 5.97 Å². The molecule has 5 heteroatoms. The Kier molecular flexibility index (Phi) is 2.44. The van der Waals surface area contributed by atoms with Crippen LogP contribution in [0.3, 0.4) is 0 Å². The molecule has 2 rings (SSSR count). The van der Waals surface area contributed by atoms with E-state index >= 15 is 0 Å². The van der Waals surface area contributed by atoms with Crippen LogP contribution in [0.1, 0.15) is 16.1 Å². The average molecular weight is 218 g/mol. The molecule has 0 fully saturated rings. The molecule has 0 aliphatic carbocycles. The van der Waals surface area contributed by atoms with Crippen molar-refractivity contribution in [3.63, 3.8) is 0 Å². The molecule has 0 unspecified atom stereocenters. The summed E-state index contributed by atoms with van der Waals surface area (Å²) in [4.78, 5) is 26.5. The molecule has 0 aromatic carbocycles. The van der Waals surface area contributed by atoms with Gasteiger partial charge in [-0.05, 0) is 19.1 Å². The van der Waals surface area contributed by atoms with Crippen LogP contribution in [0.25, 0.3) is 11.0 Å². The number of aromatic nitrogens is 2. The minimum Gasteiger partial charge on any atom is -0.465 e. The Labute approximate surface area is 91.6 Å². The zero-order chi connectivity index (χ0) is 11.7. The highest BCUT2D eigenvalue weighted by Crippen LogP contribution is 2.19. The SMILES string of the molecule is COC(=O)c1cc(C)nc2c1ccn2C=O. The number of carbonyl (C=O) groups excluding carboxylic acids is 2. The Morgan fingerprint density at radius 2 is 2.31 bits per heavy atom. The molecule has 0 saturated heterocycles. The van der Waals surface area contributed by atoms with Crippen molar-refractivity contribution in [3.05, 3.63) is 29.6 Å². The number of nitrogens with zero attached hydrogens (tertiary/aromatic N) is 2. The number of aryl methyl sites for hydroxylation is 1. The minimum absolute atomic E-state index is 0.422. The van der Waals surface area contributed by atoms with Crippen molar-refractivity contribution in [3.8, 4) is 0 Å². The maximum atomic E-state index is 11.5. The Balaban J connectivity index is 2.79. The quantitative estimate of drug-likeness (QED) is 0.560. The van der Waals surface area contributed by atoms with Crippen LogP contribution in [0.4, 0.5) is 0 Å². The van der Waals surface area contributed by atoms with E-state index in [1.165, 1.54) is 11.7 Å². The number of hydrogen-bond acceptors (Lipinski definition) is 4. The van der Waals surface area contributed by atoms with Gasteiger partial charge in [-0.15, -0.1) is 0 Å². The second-order valence-corrected chi connectivity index (χ2v) is 3.37. The molecule has 5 nitrogen and oxygen atoms in total. The van der Waals surface area contributed by atoms with Gasteiger partial charge in [0.25, 0.3) is 0 Å². The molecule has 0 saturated carbocycles. The Morgan fingerprint density at radius 3 is 2.94 bits per heavy atom. The smallest absolute Gasteiger partial charge is 0.338 e. The third kappa shape index (κ3) is 1.46. The molecule has 2 aromatic rings. The lowest BCUT2D eigenvalue weighted by atomic mass is 10.1. The fraction of sp³-hybridized carbons (Fsp3) is 0.182. The number of ether oxygens (including phenoxy) is 1. The molecule has 0 bridgehead atoms. The van der Waals surface area contributed by atoms with Gasteiger partial charge in [-0.1, -0.05) is 0 Å². The summed E-state index contributed by atoms with van der Waals surface area (Å²) in [5, 5.41) is 0.615. The van der Waals surface area contributed by atoms with E-state index in [4.69, 9.17) is 0 Å². The summed E-state index contributed by atoms with van der Waals surface area (Å²) in [7, 11) is 1.32. The largest absolute Gasteiger partial charge is 0.465 e. The van der Waals surface area contributed by atoms with Crippen LogP contribution in [-0.4, -0.2) is 29.0 Å². The van der Waals surface area contributed by atoms with Gasteiger partial charge in [0, 0.05) is 17.3 Å². The van der Waals surface area contributed by atoms with E-state index < -0.39 is 5.97 Å². The second kappa shape index (κ2) is 3.77. The predicted octanol–water partition coefficient (Wildman–Crippen LogP) is 1.17. The molecule has 0 aliphatic heterocycles. The summed E-state index contributed by atoms with van der Waals surface area (Å²) in [6.07, 6.45) is 2.21. The van der Waals surface area contributed by atoms with E-state index in [0.29, 0.717) is 28.7 Å². The van der Waals surface area contributed by atoms with Gasteiger partial charge < -0.3 is 4.74 Å². The molecule has 0 N–H and O–H groups in total. The summed E-state index contributed by atoms with van der Waals surface area (Å²) in [6.45, 7) is 1.76. The van der Waals surface area contributed by atoms with E-state index in [9.17, 15) is 9.59 Å². The molecule has 0 atom stereocenters. The minimum atomic E-state index is -0.431. The number of fused-ring (bicyclic) bond motifs is 1. The van der Waals surface area contributed by atoms with Gasteiger partial charge in [0.05, 0.1) is 12.7 Å². The maximum Gasteiger partial charge on any atom is 0.338 e. The standard InChI is InChI=1S/C11H10N2O3/c1-7-5-9(11(15)16-2)8-3-4-13(6-14)10(8)12-7/h3-6H,1-2H3. The van der Waals surface area contributed by atoms with Crippen molar-refractivity contribution >= 4 is 23.4 Å². The Morgan fingerprint density at radius 1 is 1.56 bits per heavy atom. The predicted molar refractivity (Wildman–Crippen MR) is 58.0 cm³/mol. The van der Waals surface area contributed by atoms with Crippen molar-refractivity contribution in [1.29, 1.82) is 0 Å². The van der Waals surface area contributed by atoms with Gasteiger partial charge in [-0.2, -0.15) is 0 Å². The molecule has 16 heavy (non-hydrogen) atoms. The van der Waals surface area contributed by atoms with E-state index in [-0.39, 0.29) is 0 Å². The summed E-state index contributed by atoms with van der Waals surface area (Å²) in [6, 6.07) is 3.31. The van der Waals surface area contributed by atoms with Crippen molar-refractivity contribution in [2.45, 2.75) is 6.92 Å². The first-order chi connectivity index (χ1) is 7.67. The highest BCUT2D eigenvalue weighted by molar-refractivity contribution is 6.03. The number of rotatable bonds is 2. The normalized spacial score (nSPS) is 10.4. The van der Waals surface area contributed by atoms with Crippen LogP contribution in [0.15, 0.2) is 18.3 Å². The van der Waals surface area contributed by atoms with Crippen molar-refractivity contribution < 1.29 is 14.3 Å². The Hall–Kier alpha value is -2.17. The molecule has 2 aromatic heterocycles. The molecule has 0 amide bonds. The fourth-order valence-corrected chi connectivity index (χ4v) is 1.62. The van der Waals surface area contributed by atoms with Crippen LogP contribution < -0.4 is 0 Å². The maximum absolute atomic E-state index is 11.5. The third-order valence-electron chi connectivity index (χ3n) is 2.33. The van der Waals surface area contributed by atoms with Crippen LogP contribution >= 0.6 is 0 Å². The molecule has 2 heterocycles. The lowest BCUT2D eigenvalue weighted by Crippen LogP contribution is -2.04. The third-order valence-corrected chi connectivity index (χ3v) is 2.33. The monoisotopic (exact) mass is 218 g/mol.